The molecule has 0 aliphatic carbocycles. The van der Waals surface area contributed by atoms with Crippen molar-refractivity contribution in [3.05, 3.63) is 35.9 Å². The van der Waals surface area contributed by atoms with Gasteiger partial charge >= 0.3 is 5.97 Å². The van der Waals surface area contributed by atoms with Crippen LogP contribution in [0.15, 0.2) is 30.3 Å². The van der Waals surface area contributed by atoms with Crippen LogP contribution in [0.5, 0.6) is 0 Å². The van der Waals surface area contributed by atoms with Crippen LogP contribution in [0.4, 0.5) is 0 Å². The van der Waals surface area contributed by atoms with Crippen molar-refractivity contribution in [3.8, 4) is 0 Å². The molecule has 1 aromatic carbocycles. The lowest BCUT2D eigenvalue weighted by atomic mass is 9.98. The Balaban J connectivity index is 3.04. The second kappa shape index (κ2) is 5.74. The molecule has 19 heavy (non-hydrogen) atoms. The van der Waals surface area contributed by atoms with Crippen molar-refractivity contribution in [3.63, 3.8) is 0 Å². The van der Waals surface area contributed by atoms with Crippen molar-refractivity contribution in [2.75, 3.05) is 5.75 Å². The van der Waals surface area contributed by atoms with E-state index >= 15 is 0 Å². The van der Waals surface area contributed by atoms with Gasteiger partial charge in [0.25, 0.3) is 0 Å². The maximum absolute atomic E-state index is 12.2. The van der Waals surface area contributed by atoms with E-state index in [0.29, 0.717) is 0 Å². The van der Waals surface area contributed by atoms with Gasteiger partial charge in [-0.05, 0) is 26.3 Å². The summed E-state index contributed by atoms with van der Waals surface area (Å²) in [6.07, 6.45) is -0.181. The highest BCUT2D eigenvalue weighted by molar-refractivity contribution is 7.92. The van der Waals surface area contributed by atoms with E-state index in [-0.39, 0.29) is 12.2 Å². The van der Waals surface area contributed by atoms with Gasteiger partial charge in [-0.1, -0.05) is 30.3 Å². The topological polar surface area (TPSA) is 71.4 Å². The third-order valence-corrected chi connectivity index (χ3v) is 5.75. The molecule has 4 nitrogen and oxygen atoms in total. The van der Waals surface area contributed by atoms with Gasteiger partial charge in [0.05, 0.1) is 16.9 Å². The Morgan fingerprint density at radius 3 is 2.16 bits per heavy atom. The van der Waals surface area contributed by atoms with Gasteiger partial charge in [0.1, 0.15) is 0 Å². The van der Waals surface area contributed by atoms with Crippen LogP contribution < -0.4 is 0 Å². The van der Waals surface area contributed by atoms with E-state index in [1.807, 2.05) is 6.07 Å². The first-order chi connectivity index (χ1) is 8.63. The largest absolute Gasteiger partial charge is 0.481 e. The molecular formula is C14H20O4S. The first-order valence-corrected chi connectivity index (χ1v) is 7.78. The summed E-state index contributed by atoms with van der Waals surface area (Å²) in [6.45, 7) is 4.89. The third-order valence-electron chi connectivity index (χ3n) is 3.05. The molecule has 0 saturated heterocycles. The van der Waals surface area contributed by atoms with Crippen molar-refractivity contribution < 1.29 is 18.3 Å². The molecule has 0 amide bonds. The number of aliphatic carboxylic acids is 1. The Bertz CT molecular complexity index is 526. The quantitative estimate of drug-likeness (QED) is 0.901. The van der Waals surface area contributed by atoms with Gasteiger partial charge in [-0.3, -0.25) is 4.79 Å². The Morgan fingerprint density at radius 1 is 1.21 bits per heavy atom. The SMILES string of the molecule is CC(C)(C)S(=O)(=O)CC(CC(=O)O)c1ccccc1. The van der Waals surface area contributed by atoms with Crippen LogP contribution in [0.1, 0.15) is 38.7 Å². The minimum atomic E-state index is -3.35. The lowest BCUT2D eigenvalue weighted by Gasteiger charge is -2.23. The molecule has 0 aliphatic rings. The van der Waals surface area contributed by atoms with Crippen molar-refractivity contribution in [2.45, 2.75) is 37.9 Å². The van der Waals surface area contributed by atoms with Crippen molar-refractivity contribution in [1.29, 1.82) is 0 Å². The Morgan fingerprint density at radius 2 is 1.74 bits per heavy atom. The van der Waals surface area contributed by atoms with Crippen molar-refractivity contribution in [1.82, 2.24) is 0 Å². The lowest BCUT2D eigenvalue weighted by Crippen LogP contribution is -2.33. The number of hydrogen-bond acceptors (Lipinski definition) is 3. The number of carbonyl (C=O) groups is 1. The predicted molar refractivity (Wildman–Crippen MR) is 75.0 cm³/mol. The van der Waals surface area contributed by atoms with Crippen LogP contribution in [-0.2, 0) is 14.6 Å². The first-order valence-electron chi connectivity index (χ1n) is 6.12. The normalized spacial score (nSPS) is 14.1. The number of carboxylic acids is 1. The smallest absolute Gasteiger partial charge is 0.303 e. The van der Waals surface area contributed by atoms with Crippen LogP contribution in [-0.4, -0.2) is 30.0 Å². The predicted octanol–water partition coefficient (Wildman–Crippen LogP) is 2.46. The molecular weight excluding hydrogens is 264 g/mol. The summed E-state index contributed by atoms with van der Waals surface area (Å²) in [5.74, 6) is -1.65. The highest BCUT2D eigenvalue weighted by Crippen LogP contribution is 2.26. The second-order valence-electron chi connectivity index (χ2n) is 5.60. The highest BCUT2D eigenvalue weighted by atomic mass is 32.2. The number of sulfone groups is 1. The molecule has 5 heteroatoms. The molecule has 1 unspecified atom stereocenters. The fraction of sp³-hybridized carbons (Fsp3) is 0.500. The maximum Gasteiger partial charge on any atom is 0.303 e. The van der Waals surface area contributed by atoms with Crippen LogP contribution in [0.3, 0.4) is 0 Å². The fourth-order valence-electron chi connectivity index (χ4n) is 1.72. The zero-order valence-electron chi connectivity index (χ0n) is 11.5. The minimum absolute atomic E-state index is 0.146. The molecule has 0 spiro atoms. The first kappa shape index (κ1) is 15.7. The van der Waals surface area contributed by atoms with E-state index in [4.69, 9.17) is 5.11 Å². The molecule has 1 rings (SSSR count). The molecule has 0 aromatic heterocycles. The Labute approximate surface area is 114 Å². The van der Waals surface area contributed by atoms with Gasteiger partial charge in [0.2, 0.25) is 0 Å². The number of benzene rings is 1. The van der Waals surface area contributed by atoms with Crippen LogP contribution in [0.2, 0.25) is 0 Å². The average molecular weight is 284 g/mol. The van der Waals surface area contributed by atoms with E-state index in [1.165, 1.54) is 0 Å². The summed E-state index contributed by atoms with van der Waals surface area (Å²) in [5.41, 5.74) is 0.748. The number of hydrogen-bond donors (Lipinski definition) is 1. The van der Waals surface area contributed by atoms with Gasteiger partial charge in [0, 0.05) is 5.92 Å². The zero-order chi connectivity index (χ0) is 14.7. The van der Waals surface area contributed by atoms with Gasteiger partial charge in [-0.25, -0.2) is 8.42 Å². The monoisotopic (exact) mass is 284 g/mol. The lowest BCUT2D eigenvalue weighted by molar-refractivity contribution is -0.137. The van der Waals surface area contributed by atoms with Crippen molar-refractivity contribution >= 4 is 15.8 Å². The third kappa shape index (κ3) is 4.35. The zero-order valence-corrected chi connectivity index (χ0v) is 12.3. The van der Waals surface area contributed by atoms with E-state index in [0.717, 1.165) is 5.56 Å². The summed E-state index contributed by atoms with van der Waals surface area (Å²) >= 11 is 0. The average Bonchev–Trinajstić information content (AvgIpc) is 2.27. The summed E-state index contributed by atoms with van der Waals surface area (Å²) < 4.78 is 23.6. The van der Waals surface area contributed by atoms with Crippen LogP contribution >= 0.6 is 0 Å². The summed E-state index contributed by atoms with van der Waals surface area (Å²) in [4.78, 5) is 10.9. The molecule has 1 atom stereocenters. The van der Waals surface area contributed by atoms with Gasteiger partial charge in [-0.2, -0.15) is 0 Å². The summed E-state index contributed by atoms with van der Waals surface area (Å²) in [6, 6.07) is 8.93. The number of carboxylic acid groups (broad SMARTS) is 1. The minimum Gasteiger partial charge on any atom is -0.481 e. The molecule has 0 saturated carbocycles. The fourth-order valence-corrected chi connectivity index (χ4v) is 3.06. The Hall–Kier alpha value is -1.36. The summed E-state index contributed by atoms with van der Waals surface area (Å²) in [7, 11) is -3.35. The molecule has 0 fully saturated rings. The second-order valence-corrected chi connectivity index (χ2v) is 8.39. The molecule has 0 radical (unpaired) electrons. The van der Waals surface area contributed by atoms with Crippen LogP contribution in [0, 0.1) is 0 Å². The van der Waals surface area contributed by atoms with E-state index in [9.17, 15) is 13.2 Å². The van der Waals surface area contributed by atoms with Crippen LogP contribution in [0.25, 0.3) is 0 Å². The molecule has 0 aliphatic heterocycles. The van der Waals surface area contributed by atoms with E-state index in [2.05, 4.69) is 0 Å². The van der Waals surface area contributed by atoms with E-state index < -0.39 is 26.5 Å². The molecule has 1 N–H and O–H groups in total. The van der Waals surface area contributed by atoms with Gasteiger partial charge in [-0.15, -0.1) is 0 Å². The molecule has 0 bridgehead atoms. The standard InChI is InChI=1S/C14H20O4S/c1-14(2,3)19(17,18)10-12(9-13(15)16)11-7-5-4-6-8-11/h4-8,12H,9-10H2,1-3H3,(H,15,16). The molecule has 0 heterocycles. The van der Waals surface area contributed by atoms with Crippen molar-refractivity contribution in [2.24, 2.45) is 0 Å². The Kier molecular flexibility index (Phi) is 4.74. The number of rotatable bonds is 5. The van der Waals surface area contributed by atoms with Gasteiger partial charge < -0.3 is 5.11 Å². The van der Waals surface area contributed by atoms with Gasteiger partial charge in [0.15, 0.2) is 9.84 Å². The highest BCUT2D eigenvalue weighted by Gasteiger charge is 2.32. The summed E-state index contributed by atoms with van der Waals surface area (Å²) in [5, 5.41) is 8.95. The van der Waals surface area contributed by atoms with E-state index in [1.54, 1.807) is 45.0 Å². The molecule has 106 valence electrons. The maximum atomic E-state index is 12.2. The molecule has 1 aromatic rings.